The van der Waals surface area contributed by atoms with Gasteiger partial charge in [-0.1, -0.05) is 6.07 Å². The van der Waals surface area contributed by atoms with Crippen LogP contribution in [0.2, 0.25) is 0 Å². The maximum atomic E-state index is 12.9. The summed E-state index contributed by atoms with van der Waals surface area (Å²) >= 11 is 0. The summed E-state index contributed by atoms with van der Waals surface area (Å²) in [5, 5.41) is 17.7. The molecule has 12 heteroatoms. The van der Waals surface area contributed by atoms with Crippen molar-refractivity contribution >= 4 is 40.4 Å². The van der Waals surface area contributed by atoms with Crippen LogP contribution in [0.1, 0.15) is 42.6 Å². The van der Waals surface area contributed by atoms with E-state index in [1.165, 1.54) is 7.11 Å². The second-order valence-corrected chi connectivity index (χ2v) is 9.51. The number of benzene rings is 1. The number of hydrogen-bond acceptors (Lipinski definition) is 8. The third-order valence-corrected chi connectivity index (χ3v) is 6.84. The van der Waals surface area contributed by atoms with Gasteiger partial charge in [-0.3, -0.25) is 24.0 Å². The molecule has 1 aromatic carbocycles. The predicted molar refractivity (Wildman–Crippen MR) is 133 cm³/mol. The van der Waals surface area contributed by atoms with E-state index in [9.17, 15) is 24.0 Å². The summed E-state index contributed by atoms with van der Waals surface area (Å²) in [4.78, 5) is 65.6. The molecule has 2 aromatic rings. The lowest BCUT2D eigenvalue weighted by atomic mass is 9.90. The molecule has 2 atom stereocenters. The summed E-state index contributed by atoms with van der Waals surface area (Å²) in [6.45, 7) is -0.520. The highest BCUT2D eigenvalue weighted by molar-refractivity contribution is 6.01. The Morgan fingerprint density at radius 2 is 2.05 bits per heavy atom. The first-order valence-electron chi connectivity index (χ1n) is 12.4. The minimum atomic E-state index is -1.20. The molecule has 0 spiro atoms. The monoisotopic (exact) mass is 523 g/mol. The van der Waals surface area contributed by atoms with Gasteiger partial charge in [0.25, 0.3) is 5.91 Å². The number of carbonyl (C=O) groups excluding carboxylic acids is 5. The average molecular weight is 524 g/mol. The first-order valence-corrected chi connectivity index (χ1v) is 12.4. The van der Waals surface area contributed by atoms with Crippen molar-refractivity contribution in [2.24, 2.45) is 11.3 Å². The van der Waals surface area contributed by atoms with E-state index in [-0.39, 0.29) is 18.0 Å². The van der Waals surface area contributed by atoms with Crippen LogP contribution in [0.25, 0.3) is 10.9 Å². The second kappa shape index (κ2) is 11.3. The number of aromatic amines is 1. The number of Topliss-reactive ketones (excluding diaryl/α,β-unsaturated/α-hetero) is 1. The third kappa shape index (κ3) is 5.94. The standard InChI is InChI=1S/C26H29N5O7/c1-37-21-6-2-5-17-16(21)11-19(30-17)24(35)29-12-22(33)31-18(10-15-4-3-9-28-23(15)34)20(32)13-38-25(36)26(14-27)7-8-26/h2,5-6,11,15,18,30H,3-4,7-10,12-13H2,1H3,(H,28,34)(H,29,35)(H,31,33)/t15-,18-/m0/s1. The van der Waals surface area contributed by atoms with Gasteiger partial charge in [-0.25, -0.2) is 0 Å². The van der Waals surface area contributed by atoms with Crippen molar-refractivity contribution in [2.45, 2.75) is 38.1 Å². The number of aromatic nitrogens is 1. The molecule has 1 aliphatic carbocycles. The maximum Gasteiger partial charge on any atom is 0.326 e. The molecule has 1 saturated carbocycles. The molecular formula is C26H29N5O7. The lowest BCUT2D eigenvalue weighted by Crippen LogP contribution is -2.49. The first-order chi connectivity index (χ1) is 18.3. The number of H-pyrrole nitrogens is 1. The fraction of sp³-hybridized carbons (Fsp3) is 0.462. The zero-order chi connectivity index (χ0) is 27.3. The molecule has 4 N–H and O–H groups in total. The number of nitrogens with one attached hydrogen (secondary N) is 4. The van der Waals surface area contributed by atoms with Gasteiger partial charge < -0.3 is 30.4 Å². The normalized spacial score (nSPS) is 18.4. The lowest BCUT2D eigenvalue weighted by Gasteiger charge is -2.26. The van der Waals surface area contributed by atoms with Gasteiger partial charge in [0.05, 0.1) is 25.8 Å². The quantitative estimate of drug-likeness (QED) is 0.311. The number of esters is 1. The SMILES string of the molecule is COc1cccc2[nH]c(C(=O)NCC(=O)N[C@@H](C[C@@H]3CCCNC3=O)C(=O)COC(=O)C3(C#N)CC3)cc12. The summed E-state index contributed by atoms with van der Waals surface area (Å²) in [6, 6.07) is 7.72. The van der Waals surface area contributed by atoms with Gasteiger partial charge in [-0.2, -0.15) is 5.26 Å². The molecule has 12 nitrogen and oxygen atoms in total. The number of hydrogen-bond donors (Lipinski definition) is 4. The van der Waals surface area contributed by atoms with Gasteiger partial charge in [-0.15, -0.1) is 0 Å². The van der Waals surface area contributed by atoms with Crippen LogP contribution in [0.3, 0.4) is 0 Å². The number of rotatable bonds is 11. The van der Waals surface area contributed by atoms with Crippen LogP contribution in [-0.2, 0) is 23.9 Å². The molecular weight excluding hydrogens is 494 g/mol. The van der Waals surface area contributed by atoms with Crippen LogP contribution >= 0.6 is 0 Å². The van der Waals surface area contributed by atoms with Crippen LogP contribution in [-0.4, -0.2) is 67.3 Å². The molecule has 0 radical (unpaired) electrons. The number of amides is 3. The van der Waals surface area contributed by atoms with E-state index in [1.54, 1.807) is 24.3 Å². The van der Waals surface area contributed by atoms with E-state index in [2.05, 4.69) is 20.9 Å². The highest BCUT2D eigenvalue weighted by Gasteiger charge is 2.52. The van der Waals surface area contributed by atoms with Gasteiger partial charge in [0.15, 0.2) is 17.8 Å². The number of carbonyl (C=O) groups is 5. The first kappa shape index (κ1) is 26.7. The van der Waals surface area contributed by atoms with Crippen LogP contribution in [0.15, 0.2) is 24.3 Å². The van der Waals surface area contributed by atoms with Crippen molar-refractivity contribution < 1.29 is 33.4 Å². The fourth-order valence-electron chi connectivity index (χ4n) is 4.41. The summed E-state index contributed by atoms with van der Waals surface area (Å²) in [7, 11) is 1.52. The van der Waals surface area contributed by atoms with Gasteiger partial charge in [0.1, 0.15) is 11.4 Å². The van der Waals surface area contributed by atoms with E-state index in [4.69, 9.17) is 14.7 Å². The van der Waals surface area contributed by atoms with Crippen molar-refractivity contribution in [3.8, 4) is 11.8 Å². The summed E-state index contributed by atoms with van der Waals surface area (Å²) in [6.07, 6.45) is 2.05. The van der Waals surface area contributed by atoms with Crippen LogP contribution in [0.5, 0.6) is 5.75 Å². The number of nitrogens with zero attached hydrogens (tertiary/aromatic N) is 1. The minimum Gasteiger partial charge on any atom is -0.496 e. The molecule has 200 valence electrons. The Morgan fingerprint density at radius 3 is 2.74 bits per heavy atom. The van der Waals surface area contributed by atoms with E-state index in [0.29, 0.717) is 42.5 Å². The number of ether oxygens (including phenoxy) is 2. The summed E-state index contributed by atoms with van der Waals surface area (Å²) in [5.41, 5.74) is -0.282. The molecule has 0 bridgehead atoms. The molecule has 1 saturated heterocycles. The number of fused-ring (bicyclic) bond motifs is 1. The topological polar surface area (TPSA) is 179 Å². The van der Waals surface area contributed by atoms with Gasteiger partial charge >= 0.3 is 5.97 Å². The largest absolute Gasteiger partial charge is 0.496 e. The van der Waals surface area contributed by atoms with Gasteiger partial charge in [0, 0.05) is 23.4 Å². The minimum absolute atomic E-state index is 0.0209. The zero-order valence-electron chi connectivity index (χ0n) is 20.9. The predicted octanol–water partition coefficient (Wildman–Crippen LogP) is 0.723. The summed E-state index contributed by atoms with van der Waals surface area (Å²) in [5.74, 6) is -2.69. The zero-order valence-corrected chi connectivity index (χ0v) is 20.9. The van der Waals surface area contributed by atoms with E-state index in [0.717, 1.165) is 6.42 Å². The molecule has 38 heavy (non-hydrogen) atoms. The molecule has 2 aliphatic rings. The lowest BCUT2D eigenvalue weighted by molar-refractivity contribution is -0.152. The smallest absolute Gasteiger partial charge is 0.326 e. The molecule has 3 amide bonds. The Labute approximate surface area is 218 Å². The molecule has 2 heterocycles. The molecule has 4 rings (SSSR count). The molecule has 1 aliphatic heterocycles. The second-order valence-electron chi connectivity index (χ2n) is 9.51. The number of methoxy groups -OCH3 is 1. The van der Waals surface area contributed by atoms with Crippen LogP contribution in [0, 0.1) is 22.7 Å². The van der Waals surface area contributed by atoms with Crippen molar-refractivity contribution in [1.29, 1.82) is 5.26 Å². The van der Waals surface area contributed by atoms with E-state index >= 15 is 0 Å². The van der Waals surface area contributed by atoms with Crippen LogP contribution in [0.4, 0.5) is 0 Å². The Kier molecular flexibility index (Phi) is 7.95. The number of piperidine rings is 1. The van der Waals surface area contributed by atoms with Crippen molar-refractivity contribution in [1.82, 2.24) is 20.9 Å². The van der Waals surface area contributed by atoms with Crippen LogP contribution < -0.4 is 20.7 Å². The average Bonchev–Trinajstić information content (AvgIpc) is 3.61. The Balaban J connectivity index is 1.36. The molecule has 1 aromatic heterocycles. The highest BCUT2D eigenvalue weighted by Crippen LogP contribution is 2.45. The third-order valence-electron chi connectivity index (χ3n) is 6.84. The van der Waals surface area contributed by atoms with Gasteiger partial charge in [0.2, 0.25) is 11.8 Å². The molecule has 0 unspecified atom stereocenters. The highest BCUT2D eigenvalue weighted by atomic mass is 16.5. The fourth-order valence-corrected chi connectivity index (χ4v) is 4.41. The van der Waals surface area contributed by atoms with E-state index < -0.39 is 54.1 Å². The van der Waals surface area contributed by atoms with E-state index in [1.807, 2.05) is 6.07 Å². The Bertz CT molecular complexity index is 1310. The molecule has 2 fully saturated rings. The Morgan fingerprint density at radius 1 is 1.26 bits per heavy atom. The summed E-state index contributed by atoms with van der Waals surface area (Å²) < 4.78 is 10.4. The van der Waals surface area contributed by atoms with Gasteiger partial charge in [-0.05, 0) is 50.3 Å². The number of nitriles is 1. The maximum absolute atomic E-state index is 12.9. The Hall–Kier alpha value is -4.40. The van der Waals surface area contributed by atoms with Crippen molar-refractivity contribution in [3.63, 3.8) is 0 Å². The van der Waals surface area contributed by atoms with Crippen molar-refractivity contribution in [2.75, 3.05) is 26.8 Å². The van der Waals surface area contributed by atoms with Crippen molar-refractivity contribution in [3.05, 3.63) is 30.0 Å². The number of ketones is 1.